The molecule has 2 aromatic heterocycles. The summed E-state index contributed by atoms with van der Waals surface area (Å²) in [6.45, 7) is 0. The molecule has 3 aromatic rings. The van der Waals surface area contributed by atoms with Gasteiger partial charge in [0, 0.05) is 18.3 Å². The SMILES string of the molecule is Cn1c([C@H](C#N)C(=O)c2n[nH]c3c2CCCCC3)nc2ccccc21. The van der Waals surface area contributed by atoms with Crippen LogP contribution in [-0.4, -0.2) is 25.5 Å². The number of carbonyl (C=O) groups is 1. The minimum absolute atomic E-state index is 0.264. The van der Waals surface area contributed by atoms with E-state index >= 15 is 0 Å². The Bertz CT molecular complexity index is 991. The Morgan fingerprint density at radius 3 is 2.88 bits per heavy atom. The number of aryl methyl sites for hydroxylation is 2. The second-order valence-corrected chi connectivity index (χ2v) is 6.53. The van der Waals surface area contributed by atoms with Gasteiger partial charge in [0.05, 0.1) is 17.1 Å². The van der Waals surface area contributed by atoms with Crippen LogP contribution in [0.3, 0.4) is 0 Å². The van der Waals surface area contributed by atoms with Crippen LogP contribution < -0.4 is 0 Å². The number of aromatic nitrogens is 4. The smallest absolute Gasteiger partial charge is 0.208 e. The molecule has 1 atom stereocenters. The van der Waals surface area contributed by atoms with E-state index in [1.54, 1.807) is 0 Å². The van der Waals surface area contributed by atoms with Crippen molar-refractivity contribution < 1.29 is 4.79 Å². The first-order valence-corrected chi connectivity index (χ1v) is 8.62. The molecule has 1 aliphatic carbocycles. The number of para-hydroxylation sites is 2. The summed E-state index contributed by atoms with van der Waals surface area (Å²) >= 11 is 0. The van der Waals surface area contributed by atoms with Crippen molar-refractivity contribution in [3.63, 3.8) is 0 Å². The molecule has 6 heteroatoms. The van der Waals surface area contributed by atoms with Gasteiger partial charge in [0.15, 0.2) is 5.92 Å². The monoisotopic (exact) mass is 333 g/mol. The van der Waals surface area contributed by atoms with E-state index < -0.39 is 5.92 Å². The summed E-state index contributed by atoms with van der Waals surface area (Å²) < 4.78 is 1.83. The molecule has 0 bridgehead atoms. The third kappa shape index (κ3) is 2.52. The number of Topliss-reactive ketones (excluding diaryl/α,β-unsaturated/α-hetero) is 1. The van der Waals surface area contributed by atoms with E-state index in [2.05, 4.69) is 21.3 Å². The molecule has 6 nitrogen and oxygen atoms in total. The zero-order valence-corrected chi connectivity index (χ0v) is 14.1. The van der Waals surface area contributed by atoms with Crippen molar-refractivity contribution >= 4 is 16.8 Å². The molecular formula is C19H19N5O. The van der Waals surface area contributed by atoms with Crippen molar-refractivity contribution in [1.82, 2.24) is 19.7 Å². The number of hydrogen-bond donors (Lipinski definition) is 1. The molecule has 1 aromatic carbocycles. The lowest BCUT2D eigenvalue weighted by molar-refractivity contribution is 0.0969. The Labute approximate surface area is 145 Å². The van der Waals surface area contributed by atoms with Gasteiger partial charge < -0.3 is 4.57 Å². The number of nitriles is 1. The Morgan fingerprint density at radius 2 is 2.08 bits per heavy atom. The van der Waals surface area contributed by atoms with Gasteiger partial charge in [-0.1, -0.05) is 18.6 Å². The predicted molar refractivity (Wildman–Crippen MR) is 93.2 cm³/mol. The summed E-state index contributed by atoms with van der Waals surface area (Å²) in [5.74, 6) is -0.743. The Hall–Kier alpha value is -2.94. The summed E-state index contributed by atoms with van der Waals surface area (Å²) in [5.41, 5.74) is 4.14. The Kier molecular flexibility index (Phi) is 3.85. The van der Waals surface area contributed by atoms with Gasteiger partial charge in [0.1, 0.15) is 11.5 Å². The lowest BCUT2D eigenvalue weighted by atomic mass is 9.97. The number of nitrogens with one attached hydrogen (secondary N) is 1. The fourth-order valence-corrected chi connectivity index (χ4v) is 3.65. The number of nitrogens with zero attached hydrogens (tertiary/aromatic N) is 4. The van der Waals surface area contributed by atoms with Crippen LogP contribution in [0.15, 0.2) is 24.3 Å². The van der Waals surface area contributed by atoms with Gasteiger partial charge in [-0.05, 0) is 37.8 Å². The third-order valence-electron chi connectivity index (χ3n) is 5.01. The highest BCUT2D eigenvalue weighted by Crippen LogP contribution is 2.27. The number of benzene rings is 1. The molecule has 0 saturated heterocycles. The average Bonchev–Trinajstić information content (AvgIpc) is 3.09. The standard InChI is InChI=1S/C19H19N5O/c1-24-16-10-6-5-9-15(16)21-19(24)13(11-20)18(25)17-12-7-3-2-4-8-14(12)22-23-17/h5-6,9-10,13H,2-4,7-8H2,1H3,(H,22,23)/t13-/m1/s1. The van der Waals surface area contributed by atoms with Gasteiger partial charge in [-0.15, -0.1) is 0 Å². The van der Waals surface area contributed by atoms with Crippen LogP contribution in [0.4, 0.5) is 0 Å². The van der Waals surface area contributed by atoms with Crippen LogP contribution >= 0.6 is 0 Å². The van der Waals surface area contributed by atoms with E-state index in [0.29, 0.717) is 11.5 Å². The molecule has 0 spiro atoms. The van der Waals surface area contributed by atoms with Gasteiger partial charge in [-0.2, -0.15) is 10.4 Å². The number of H-pyrrole nitrogens is 1. The van der Waals surface area contributed by atoms with E-state index in [0.717, 1.165) is 54.4 Å². The first-order chi connectivity index (χ1) is 12.2. The minimum atomic E-state index is -0.951. The van der Waals surface area contributed by atoms with Gasteiger partial charge in [0.2, 0.25) is 5.78 Å². The number of hydrogen-bond acceptors (Lipinski definition) is 4. The molecule has 1 aliphatic rings. The summed E-state index contributed by atoms with van der Waals surface area (Å²) in [6, 6.07) is 9.79. The van der Waals surface area contributed by atoms with E-state index in [-0.39, 0.29) is 5.78 Å². The minimum Gasteiger partial charge on any atom is -0.330 e. The van der Waals surface area contributed by atoms with E-state index in [1.165, 1.54) is 0 Å². The van der Waals surface area contributed by atoms with E-state index in [1.807, 2.05) is 35.9 Å². The molecule has 0 unspecified atom stereocenters. The van der Waals surface area contributed by atoms with E-state index in [4.69, 9.17) is 0 Å². The Morgan fingerprint density at radius 1 is 1.28 bits per heavy atom. The number of imidazole rings is 1. The van der Waals surface area contributed by atoms with Gasteiger partial charge in [0.25, 0.3) is 0 Å². The van der Waals surface area contributed by atoms with Crippen molar-refractivity contribution in [2.75, 3.05) is 0 Å². The van der Waals surface area contributed by atoms with E-state index in [9.17, 15) is 10.1 Å². The maximum absolute atomic E-state index is 13.1. The molecule has 1 N–H and O–H groups in total. The van der Waals surface area contributed by atoms with Crippen molar-refractivity contribution in [3.05, 3.63) is 47.0 Å². The Balaban J connectivity index is 1.76. The van der Waals surface area contributed by atoms with Crippen LogP contribution in [0.25, 0.3) is 11.0 Å². The summed E-state index contributed by atoms with van der Waals surface area (Å²) in [4.78, 5) is 17.6. The second-order valence-electron chi connectivity index (χ2n) is 6.53. The highest BCUT2D eigenvalue weighted by atomic mass is 16.1. The molecule has 25 heavy (non-hydrogen) atoms. The van der Waals surface area contributed by atoms with Gasteiger partial charge in [-0.3, -0.25) is 9.89 Å². The summed E-state index contributed by atoms with van der Waals surface area (Å²) in [6.07, 6.45) is 5.07. The van der Waals surface area contributed by atoms with Crippen LogP contribution in [0.1, 0.15) is 52.8 Å². The van der Waals surface area contributed by atoms with Crippen molar-refractivity contribution in [1.29, 1.82) is 5.26 Å². The molecule has 0 fully saturated rings. The average molecular weight is 333 g/mol. The highest BCUT2D eigenvalue weighted by Gasteiger charge is 2.31. The fourth-order valence-electron chi connectivity index (χ4n) is 3.65. The number of fused-ring (bicyclic) bond motifs is 2. The lowest BCUT2D eigenvalue weighted by Gasteiger charge is -2.08. The molecule has 4 rings (SSSR count). The summed E-state index contributed by atoms with van der Waals surface area (Å²) in [7, 11) is 1.84. The third-order valence-corrected chi connectivity index (χ3v) is 5.01. The quantitative estimate of drug-likeness (QED) is 0.589. The van der Waals surface area contributed by atoms with Crippen LogP contribution in [-0.2, 0) is 19.9 Å². The maximum Gasteiger partial charge on any atom is 0.208 e. The second kappa shape index (κ2) is 6.17. The van der Waals surface area contributed by atoms with Crippen LogP contribution in [0.5, 0.6) is 0 Å². The van der Waals surface area contributed by atoms with Crippen molar-refractivity contribution in [3.8, 4) is 6.07 Å². The summed E-state index contributed by atoms with van der Waals surface area (Å²) in [5, 5.41) is 17.0. The molecule has 0 saturated carbocycles. The van der Waals surface area contributed by atoms with Gasteiger partial charge in [-0.25, -0.2) is 4.98 Å². The van der Waals surface area contributed by atoms with Crippen molar-refractivity contribution in [2.24, 2.45) is 7.05 Å². The molecule has 2 heterocycles. The zero-order valence-electron chi connectivity index (χ0n) is 14.1. The number of aromatic amines is 1. The molecule has 0 radical (unpaired) electrons. The first-order valence-electron chi connectivity index (χ1n) is 8.62. The predicted octanol–water partition coefficient (Wildman–Crippen LogP) is 3.06. The molecule has 126 valence electrons. The largest absolute Gasteiger partial charge is 0.330 e. The number of ketones is 1. The van der Waals surface area contributed by atoms with Gasteiger partial charge >= 0.3 is 0 Å². The number of carbonyl (C=O) groups excluding carboxylic acids is 1. The number of rotatable bonds is 3. The highest BCUT2D eigenvalue weighted by molar-refractivity contribution is 6.02. The normalized spacial score (nSPS) is 15.4. The lowest BCUT2D eigenvalue weighted by Crippen LogP contribution is -2.17. The van der Waals surface area contributed by atoms with Crippen molar-refractivity contribution in [2.45, 2.75) is 38.0 Å². The molecule has 0 amide bonds. The van der Waals surface area contributed by atoms with Crippen LogP contribution in [0.2, 0.25) is 0 Å². The fraction of sp³-hybridized carbons (Fsp3) is 0.368. The molecule has 0 aliphatic heterocycles. The zero-order chi connectivity index (χ0) is 17.4. The first kappa shape index (κ1) is 15.6. The topological polar surface area (TPSA) is 87.4 Å². The molecular weight excluding hydrogens is 314 g/mol. The van der Waals surface area contributed by atoms with Crippen LogP contribution in [0, 0.1) is 11.3 Å². The maximum atomic E-state index is 13.1.